The van der Waals surface area contributed by atoms with Gasteiger partial charge in [-0.1, -0.05) is 0 Å². The van der Waals surface area contributed by atoms with Crippen LogP contribution in [-0.2, 0) is 16.2 Å². The third-order valence-electron chi connectivity index (χ3n) is 5.28. The van der Waals surface area contributed by atoms with Gasteiger partial charge in [0.05, 0.1) is 28.1 Å². The van der Waals surface area contributed by atoms with E-state index < -0.39 is 54.9 Å². The van der Waals surface area contributed by atoms with Gasteiger partial charge in [0.15, 0.2) is 0 Å². The number of carbonyl (C=O) groups excluding carboxylic acids is 1. The molecule has 1 unspecified atom stereocenters. The molecule has 3 atom stereocenters. The number of nitrogens with one attached hydrogen (secondary N) is 1. The highest BCUT2D eigenvalue weighted by atomic mass is 79.9. The van der Waals surface area contributed by atoms with E-state index in [1.54, 1.807) is 27.7 Å². The summed E-state index contributed by atoms with van der Waals surface area (Å²) in [7, 11) is -4.32. The Morgan fingerprint density at radius 1 is 1.29 bits per heavy atom. The molecule has 28 heavy (non-hydrogen) atoms. The van der Waals surface area contributed by atoms with E-state index >= 15 is 0 Å². The molecule has 0 bridgehead atoms. The first kappa shape index (κ1) is 23.1. The minimum atomic E-state index is -4.69. The largest absolute Gasteiger partial charge is 0.498 e. The van der Waals surface area contributed by atoms with E-state index in [0.29, 0.717) is 6.07 Å². The molecule has 158 valence electrons. The molecule has 6 nitrogen and oxygen atoms in total. The Labute approximate surface area is 170 Å². The number of nitrogens with zero attached hydrogens (tertiary/aromatic N) is 1. The SMILES string of the molecule is C[C@H]1C[C@@H](NS(=O)(=O)c2cc(C(F)(F)F)ccc2Br)C[N+]1(C(=O)[O-])C(C)(C)C. The van der Waals surface area contributed by atoms with Crippen LogP contribution in [-0.4, -0.2) is 43.2 Å². The lowest BCUT2D eigenvalue weighted by Gasteiger charge is -2.48. The van der Waals surface area contributed by atoms with Gasteiger partial charge < -0.3 is 9.90 Å². The Morgan fingerprint density at radius 2 is 1.86 bits per heavy atom. The molecule has 0 spiro atoms. The fraction of sp³-hybridized carbons (Fsp3) is 0.588. The maximum Gasteiger partial charge on any atom is 0.416 e. The molecule has 2 rings (SSSR count). The van der Waals surface area contributed by atoms with Crippen molar-refractivity contribution in [3.63, 3.8) is 0 Å². The molecule has 1 aliphatic heterocycles. The highest BCUT2D eigenvalue weighted by molar-refractivity contribution is 9.10. The van der Waals surface area contributed by atoms with E-state index in [1.165, 1.54) is 0 Å². The van der Waals surface area contributed by atoms with E-state index in [9.17, 15) is 31.5 Å². The average Bonchev–Trinajstić information content (AvgIpc) is 2.82. The van der Waals surface area contributed by atoms with Crippen molar-refractivity contribution in [3.05, 3.63) is 28.2 Å². The van der Waals surface area contributed by atoms with Crippen molar-refractivity contribution in [2.24, 2.45) is 0 Å². The highest BCUT2D eigenvalue weighted by Crippen LogP contribution is 2.38. The molecule has 1 N–H and O–H groups in total. The Bertz CT molecular complexity index is 883. The Morgan fingerprint density at radius 3 is 2.29 bits per heavy atom. The van der Waals surface area contributed by atoms with Gasteiger partial charge >= 0.3 is 6.18 Å². The molecule has 1 fully saturated rings. The third kappa shape index (κ3) is 4.07. The van der Waals surface area contributed by atoms with Crippen molar-refractivity contribution in [2.45, 2.75) is 62.8 Å². The van der Waals surface area contributed by atoms with Gasteiger partial charge in [0.25, 0.3) is 6.09 Å². The van der Waals surface area contributed by atoms with E-state index in [-0.39, 0.29) is 17.4 Å². The first-order valence-electron chi connectivity index (χ1n) is 8.51. The number of benzene rings is 1. The molecule has 0 aromatic heterocycles. The third-order valence-corrected chi connectivity index (χ3v) is 7.79. The van der Waals surface area contributed by atoms with Crippen molar-refractivity contribution in [1.29, 1.82) is 0 Å². The zero-order valence-corrected chi connectivity index (χ0v) is 18.2. The van der Waals surface area contributed by atoms with Crippen LogP contribution in [0.4, 0.5) is 18.0 Å². The van der Waals surface area contributed by atoms with Crippen molar-refractivity contribution >= 4 is 32.0 Å². The summed E-state index contributed by atoms with van der Waals surface area (Å²) in [5.41, 5.74) is -1.85. The fourth-order valence-corrected chi connectivity index (χ4v) is 6.14. The number of quaternary nitrogens is 1. The minimum Gasteiger partial charge on any atom is -0.498 e. The van der Waals surface area contributed by atoms with Gasteiger partial charge in [-0.15, -0.1) is 0 Å². The van der Waals surface area contributed by atoms with Crippen molar-refractivity contribution in [2.75, 3.05) is 6.54 Å². The van der Waals surface area contributed by atoms with Crippen LogP contribution in [0, 0.1) is 0 Å². The molecular weight excluding hydrogens is 465 g/mol. The van der Waals surface area contributed by atoms with Crippen LogP contribution in [0.2, 0.25) is 0 Å². The number of sulfonamides is 1. The van der Waals surface area contributed by atoms with Gasteiger partial charge in [-0.05, 0) is 61.8 Å². The van der Waals surface area contributed by atoms with E-state index in [1.807, 2.05) is 0 Å². The van der Waals surface area contributed by atoms with Gasteiger partial charge in [-0.2, -0.15) is 13.2 Å². The van der Waals surface area contributed by atoms with E-state index in [4.69, 9.17) is 0 Å². The van der Waals surface area contributed by atoms with Gasteiger partial charge in [0.2, 0.25) is 10.0 Å². The number of carboxylic acid groups (broad SMARTS) is 1. The molecule has 1 heterocycles. The van der Waals surface area contributed by atoms with Crippen LogP contribution in [0.1, 0.15) is 39.7 Å². The summed E-state index contributed by atoms with van der Waals surface area (Å²) >= 11 is 2.98. The zero-order chi connectivity index (χ0) is 21.7. The molecular formula is C17H22BrF3N2O4S. The summed E-state index contributed by atoms with van der Waals surface area (Å²) in [6, 6.07) is 1.14. The molecule has 0 radical (unpaired) electrons. The van der Waals surface area contributed by atoms with Crippen LogP contribution in [0.25, 0.3) is 0 Å². The number of hydrogen-bond acceptors (Lipinski definition) is 4. The topological polar surface area (TPSA) is 86.3 Å². The molecule has 11 heteroatoms. The number of rotatable bonds is 3. The van der Waals surface area contributed by atoms with E-state index in [0.717, 1.165) is 12.1 Å². The molecule has 1 saturated heterocycles. The lowest BCUT2D eigenvalue weighted by molar-refractivity contribution is -0.928. The fourth-order valence-electron chi connectivity index (χ4n) is 3.91. The van der Waals surface area contributed by atoms with Crippen molar-refractivity contribution in [1.82, 2.24) is 4.72 Å². The highest BCUT2D eigenvalue weighted by Gasteiger charge is 2.54. The monoisotopic (exact) mass is 486 g/mol. The molecule has 1 aromatic rings. The number of alkyl halides is 3. The lowest BCUT2D eigenvalue weighted by atomic mass is 10.0. The summed E-state index contributed by atoms with van der Waals surface area (Å²) in [6.45, 7) is 6.79. The lowest BCUT2D eigenvalue weighted by Crippen LogP contribution is -2.69. The second-order valence-corrected chi connectivity index (χ2v) is 10.6. The summed E-state index contributed by atoms with van der Waals surface area (Å²) in [5, 5.41) is 11.9. The maximum atomic E-state index is 13.0. The van der Waals surface area contributed by atoms with Gasteiger partial charge in [-0.25, -0.2) is 13.1 Å². The summed E-state index contributed by atoms with van der Waals surface area (Å²) in [5.74, 6) is 0. The van der Waals surface area contributed by atoms with Crippen LogP contribution in [0.5, 0.6) is 0 Å². The predicted octanol–water partition coefficient (Wildman–Crippen LogP) is 2.87. The quantitative estimate of drug-likeness (QED) is 0.665. The van der Waals surface area contributed by atoms with E-state index in [2.05, 4.69) is 20.7 Å². The number of carbonyl (C=O) groups is 1. The van der Waals surface area contributed by atoms with Crippen LogP contribution in [0.15, 0.2) is 27.6 Å². The standard InChI is InChI=1S/C17H22BrF3N2O4S/c1-10-7-12(9-23(10,15(24)25)16(2,3)4)22-28(26,27)14-8-11(17(19,20)21)5-6-13(14)18/h5-6,8,10,12,22H,7,9H2,1-4H3/t10-,12+,23?/m0/s1. The number of likely N-dealkylation sites (tertiary alicyclic amines) is 1. The van der Waals surface area contributed by atoms with Gasteiger partial charge in [0.1, 0.15) is 6.54 Å². The molecule has 1 aliphatic rings. The Balaban J connectivity index is 2.38. The average molecular weight is 487 g/mol. The van der Waals surface area contributed by atoms with Crippen molar-refractivity contribution < 1.29 is 36.0 Å². The molecule has 0 saturated carbocycles. The summed E-state index contributed by atoms with van der Waals surface area (Å²) in [6.07, 6.45) is -5.80. The normalized spacial score (nSPS) is 26.4. The predicted molar refractivity (Wildman–Crippen MR) is 97.6 cm³/mol. The van der Waals surface area contributed by atoms with Crippen LogP contribution < -0.4 is 9.83 Å². The van der Waals surface area contributed by atoms with Gasteiger partial charge in [0, 0.05) is 10.9 Å². The first-order valence-corrected chi connectivity index (χ1v) is 10.8. The number of halogens is 4. The second-order valence-electron chi connectivity index (χ2n) is 8.03. The first-order chi connectivity index (χ1) is 12.5. The Hall–Kier alpha value is -1.17. The number of amides is 1. The maximum absolute atomic E-state index is 13.0. The molecule has 1 amide bonds. The van der Waals surface area contributed by atoms with Gasteiger partial charge in [-0.3, -0.25) is 4.48 Å². The second kappa shape index (κ2) is 7.26. The van der Waals surface area contributed by atoms with Crippen LogP contribution >= 0.6 is 15.9 Å². The summed E-state index contributed by atoms with van der Waals surface area (Å²) in [4.78, 5) is 11.4. The smallest absolute Gasteiger partial charge is 0.416 e. The number of hydrogen-bond donors (Lipinski definition) is 1. The molecule has 0 aliphatic carbocycles. The van der Waals surface area contributed by atoms with Crippen molar-refractivity contribution in [3.8, 4) is 0 Å². The Kier molecular flexibility index (Phi) is 5.99. The molecule has 1 aromatic carbocycles. The van der Waals surface area contributed by atoms with Crippen LogP contribution in [0.3, 0.4) is 0 Å². The minimum absolute atomic E-state index is 0.0180. The zero-order valence-electron chi connectivity index (χ0n) is 15.8. The summed E-state index contributed by atoms with van der Waals surface area (Å²) < 4.78 is 66.3.